The number of hydrogen-bond acceptors (Lipinski definition) is 3. The first kappa shape index (κ1) is 11.9. The summed E-state index contributed by atoms with van der Waals surface area (Å²) in [6.45, 7) is 2.17. The monoisotopic (exact) mass is 247 g/mol. The maximum absolute atomic E-state index is 5.69. The number of anilines is 2. The Balaban J connectivity index is 2.20. The van der Waals surface area contributed by atoms with Crippen molar-refractivity contribution >= 4 is 23.1 Å². The number of aromatic nitrogens is 2. The SMILES string of the molecule is CCCc1ccccc1Nc1ccc(Cl)nn1. The van der Waals surface area contributed by atoms with Crippen LogP contribution in [0.2, 0.25) is 5.15 Å². The van der Waals surface area contributed by atoms with Crippen LogP contribution in [0.5, 0.6) is 0 Å². The summed E-state index contributed by atoms with van der Waals surface area (Å²) in [5, 5.41) is 11.4. The highest BCUT2D eigenvalue weighted by molar-refractivity contribution is 6.29. The molecule has 0 aliphatic rings. The Hall–Kier alpha value is -1.61. The van der Waals surface area contributed by atoms with E-state index in [1.54, 1.807) is 6.07 Å². The number of nitrogens with one attached hydrogen (secondary N) is 1. The van der Waals surface area contributed by atoms with Gasteiger partial charge in [-0.15, -0.1) is 10.2 Å². The summed E-state index contributed by atoms with van der Waals surface area (Å²) in [6.07, 6.45) is 2.16. The van der Waals surface area contributed by atoms with Gasteiger partial charge in [0.15, 0.2) is 11.0 Å². The van der Waals surface area contributed by atoms with Crippen molar-refractivity contribution in [3.05, 3.63) is 47.1 Å². The second-order valence-electron chi connectivity index (χ2n) is 3.77. The van der Waals surface area contributed by atoms with Gasteiger partial charge in [0.25, 0.3) is 0 Å². The fraction of sp³-hybridized carbons (Fsp3) is 0.231. The Bertz CT molecular complexity index is 482. The minimum atomic E-state index is 0.400. The molecule has 4 heteroatoms. The number of halogens is 1. The summed E-state index contributed by atoms with van der Waals surface area (Å²) >= 11 is 5.69. The minimum Gasteiger partial charge on any atom is -0.339 e. The van der Waals surface area contributed by atoms with Crippen LogP contribution < -0.4 is 5.32 Å². The zero-order valence-corrected chi connectivity index (χ0v) is 10.4. The van der Waals surface area contributed by atoms with E-state index in [0.29, 0.717) is 11.0 Å². The van der Waals surface area contributed by atoms with Crippen molar-refractivity contribution in [2.24, 2.45) is 0 Å². The summed E-state index contributed by atoms with van der Waals surface area (Å²) in [5.74, 6) is 0.706. The number of aryl methyl sites for hydroxylation is 1. The lowest BCUT2D eigenvalue weighted by atomic mass is 10.1. The third-order valence-electron chi connectivity index (χ3n) is 2.43. The van der Waals surface area contributed by atoms with Crippen molar-refractivity contribution in [2.75, 3.05) is 5.32 Å². The van der Waals surface area contributed by atoms with E-state index in [0.717, 1.165) is 18.5 Å². The molecular formula is C13H14ClN3. The third-order valence-corrected chi connectivity index (χ3v) is 2.63. The molecule has 0 bridgehead atoms. The van der Waals surface area contributed by atoms with E-state index in [9.17, 15) is 0 Å². The van der Waals surface area contributed by atoms with E-state index >= 15 is 0 Å². The maximum atomic E-state index is 5.69. The molecule has 0 spiro atoms. The standard InChI is InChI=1S/C13H14ClN3/c1-2-5-10-6-3-4-7-11(10)15-13-9-8-12(14)16-17-13/h3-4,6-9H,2,5H2,1H3,(H,15,17). The van der Waals surface area contributed by atoms with Gasteiger partial charge in [-0.05, 0) is 30.2 Å². The van der Waals surface area contributed by atoms with Gasteiger partial charge in [-0.1, -0.05) is 43.1 Å². The molecule has 1 aromatic heterocycles. The van der Waals surface area contributed by atoms with E-state index in [-0.39, 0.29) is 0 Å². The first-order valence-corrected chi connectivity index (χ1v) is 6.01. The summed E-state index contributed by atoms with van der Waals surface area (Å²) in [6, 6.07) is 11.8. The molecular weight excluding hydrogens is 234 g/mol. The van der Waals surface area contributed by atoms with Crippen molar-refractivity contribution in [3.63, 3.8) is 0 Å². The number of rotatable bonds is 4. The fourth-order valence-electron chi connectivity index (χ4n) is 1.65. The Labute approximate surface area is 106 Å². The lowest BCUT2D eigenvalue weighted by molar-refractivity contribution is 0.922. The molecule has 3 nitrogen and oxygen atoms in total. The summed E-state index contributed by atoms with van der Waals surface area (Å²) < 4.78 is 0. The average Bonchev–Trinajstić information content (AvgIpc) is 2.35. The molecule has 0 aliphatic carbocycles. The molecule has 0 unspecified atom stereocenters. The van der Waals surface area contributed by atoms with Crippen LogP contribution in [0.1, 0.15) is 18.9 Å². The third kappa shape index (κ3) is 3.17. The van der Waals surface area contributed by atoms with Crippen LogP contribution in [0.4, 0.5) is 11.5 Å². The van der Waals surface area contributed by atoms with Crippen molar-refractivity contribution in [3.8, 4) is 0 Å². The average molecular weight is 248 g/mol. The van der Waals surface area contributed by atoms with Crippen LogP contribution >= 0.6 is 11.6 Å². The van der Waals surface area contributed by atoms with Crippen molar-refractivity contribution in [1.82, 2.24) is 10.2 Å². The topological polar surface area (TPSA) is 37.8 Å². The molecule has 0 saturated heterocycles. The molecule has 1 N–H and O–H groups in total. The number of hydrogen-bond donors (Lipinski definition) is 1. The molecule has 2 aromatic rings. The molecule has 0 amide bonds. The molecule has 0 atom stereocenters. The first-order chi connectivity index (χ1) is 8.29. The molecule has 2 rings (SSSR count). The van der Waals surface area contributed by atoms with Gasteiger partial charge < -0.3 is 5.32 Å². The lowest BCUT2D eigenvalue weighted by Crippen LogP contribution is -1.98. The Morgan fingerprint density at radius 3 is 2.65 bits per heavy atom. The predicted molar refractivity (Wildman–Crippen MR) is 70.8 cm³/mol. The molecule has 88 valence electrons. The molecule has 1 aromatic carbocycles. The summed E-state index contributed by atoms with van der Waals surface area (Å²) in [7, 11) is 0. The first-order valence-electron chi connectivity index (χ1n) is 5.63. The Morgan fingerprint density at radius 1 is 1.12 bits per heavy atom. The van der Waals surface area contributed by atoms with Gasteiger partial charge in [-0.3, -0.25) is 0 Å². The lowest BCUT2D eigenvalue weighted by Gasteiger charge is -2.10. The van der Waals surface area contributed by atoms with Crippen LogP contribution in [-0.4, -0.2) is 10.2 Å². The van der Waals surface area contributed by atoms with Crippen LogP contribution in [0.3, 0.4) is 0 Å². The van der Waals surface area contributed by atoms with E-state index in [1.165, 1.54) is 5.56 Å². The predicted octanol–water partition coefficient (Wildman–Crippen LogP) is 3.83. The van der Waals surface area contributed by atoms with Gasteiger partial charge in [-0.2, -0.15) is 0 Å². The van der Waals surface area contributed by atoms with E-state index in [1.807, 2.05) is 24.3 Å². The Morgan fingerprint density at radius 2 is 1.94 bits per heavy atom. The number of para-hydroxylation sites is 1. The molecule has 1 heterocycles. The zero-order chi connectivity index (χ0) is 12.1. The highest BCUT2D eigenvalue weighted by atomic mass is 35.5. The highest BCUT2D eigenvalue weighted by Crippen LogP contribution is 2.20. The molecule has 0 saturated carbocycles. The molecule has 0 aliphatic heterocycles. The Kier molecular flexibility index (Phi) is 3.94. The molecule has 0 radical (unpaired) electrons. The van der Waals surface area contributed by atoms with Crippen LogP contribution in [0.15, 0.2) is 36.4 Å². The van der Waals surface area contributed by atoms with Gasteiger partial charge >= 0.3 is 0 Å². The largest absolute Gasteiger partial charge is 0.339 e. The van der Waals surface area contributed by atoms with Gasteiger partial charge in [0.05, 0.1) is 0 Å². The van der Waals surface area contributed by atoms with E-state index in [2.05, 4.69) is 28.5 Å². The van der Waals surface area contributed by atoms with Gasteiger partial charge in [-0.25, -0.2) is 0 Å². The van der Waals surface area contributed by atoms with Crippen molar-refractivity contribution in [2.45, 2.75) is 19.8 Å². The summed E-state index contributed by atoms with van der Waals surface area (Å²) in [4.78, 5) is 0. The molecule has 17 heavy (non-hydrogen) atoms. The van der Waals surface area contributed by atoms with Gasteiger partial charge in [0.1, 0.15) is 0 Å². The van der Waals surface area contributed by atoms with Crippen LogP contribution in [-0.2, 0) is 6.42 Å². The number of benzene rings is 1. The number of nitrogens with zero attached hydrogens (tertiary/aromatic N) is 2. The quantitative estimate of drug-likeness (QED) is 0.892. The maximum Gasteiger partial charge on any atom is 0.153 e. The van der Waals surface area contributed by atoms with Gasteiger partial charge in [0.2, 0.25) is 0 Å². The van der Waals surface area contributed by atoms with Crippen molar-refractivity contribution in [1.29, 1.82) is 0 Å². The normalized spacial score (nSPS) is 10.2. The van der Waals surface area contributed by atoms with Crippen LogP contribution in [0, 0.1) is 0 Å². The van der Waals surface area contributed by atoms with E-state index < -0.39 is 0 Å². The molecule has 0 fully saturated rings. The second kappa shape index (κ2) is 5.64. The fourth-order valence-corrected chi connectivity index (χ4v) is 1.75. The smallest absolute Gasteiger partial charge is 0.153 e. The summed E-state index contributed by atoms with van der Waals surface area (Å²) in [5.41, 5.74) is 2.36. The second-order valence-corrected chi connectivity index (χ2v) is 4.16. The zero-order valence-electron chi connectivity index (χ0n) is 9.65. The van der Waals surface area contributed by atoms with E-state index in [4.69, 9.17) is 11.6 Å². The van der Waals surface area contributed by atoms with Crippen molar-refractivity contribution < 1.29 is 0 Å². The van der Waals surface area contributed by atoms with Crippen LogP contribution in [0.25, 0.3) is 0 Å². The van der Waals surface area contributed by atoms with Gasteiger partial charge in [0, 0.05) is 5.69 Å². The minimum absolute atomic E-state index is 0.400. The highest BCUT2D eigenvalue weighted by Gasteiger charge is 2.02.